The van der Waals surface area contributed by atoms with Crippen molar-refractivity contribution in [3.05, 3.63) is 70.3 Å². The molecule has 2 aromatic carbocycles. The lowest BCUT2D eigenvalue weighted by molar-refractivity contribution is -0.148. The third-order valence-electron chi connectivity index (χ3n) is 4.73. The van der Waals surface area contributed by atoms with Gasteiger partial charge in [0.05, 0.1) is 6.61 Å². The molecule has 1 atom stereocenters. The first-order chi connectivity index (χ1) is 13.1. The van der Waals surface area contributed by atoms with E-state index in [0.29, 0.717) is 5.56 Å². The Kier molecular flexibility index (Phi) is 6.97. The maximum Gasteiger partial charge on any atom is 0.331 e. The monoisotopic (exact) mass is 383 g/mol. The van der Waals surface area contributed by atoms with Crippen molar-refractivity contribution in [1.29, 1.82) is 0 Å². The zero-order chi connectivity index (χ0) is 20.9. The van der Waals surface area contributed by atoms with Crippen LogP contribution in [-0.4, -0.2) is 29.6 Å². The minimum absolute atomic E-state index is 0.0361. The van der Waals surface area contributed by atoms with E-state index < -0.39 is 24.5 Å². The normalized spacial score (nSPS) is 12.4. The Hall–Kier alpha value is -2.66. The highest BCUT2D eigenvalue weighted by atomic mass is 16.5. The van der Waals surface area contributed by atoms with Crippen LogP contribution >= 0.6 is 0 Å². The number of hydrogen-bond acceptors (Lipinski definition) is 4. The minimum atomic E-state index is -1.11. The summed E-state index contributed by atoms with van der Waals surface area (Å²) in [7, 11) is 0. The fraction of sp³-hybridized carbons (Fsp3) is 0.391. The van der Waals surface area contributed by atoms with Gasteiger partial charge in [0.2, 0.25) is 0 Å². The molecule has 5 nitrogen and oxygen atoms in total. The first-order valence-electron chi connectivity index (χ1n) is 9.37. The van der Waals surface area contributed by atoms with Gasteiger partial charge in [-0.05, 0) is 53.6 Å². The van der Waals surface area contributed by atoms with Gasteiger partial charge >= 0.3 is 5.97 Å². The number of aliphatic hydroxyl groups excluding tert-OH is 1. The predicted molar refractivity (Wildman–Crippen MR) is 109 cm³/mol. The quantitative estimate of drug-likeness (QED) is 0.750. The van der Waals surface area contributed by atoms with Crippen LogP contribution in [-0.2, 0) is 21.6 Å². The van der Waals surface area contributed by atoms with Crippen LogP contribution in [0.3, 0.4) is 0 Å². The van der Waals surface area contributed by atoms with Crippen LogP contribution in [0.4, 0.5) is 0 Å². The molecule has 1 unspecified atom stereocenters. The van der Waals surface area contributed by atoms with Gasteiger partial charge in [0.25, 0.3) is 5.91 Å². The Morgan fingerprint density at radius 1 is 1.07 bits per heavy atom. The first kappa shape index (κ1) is 21.6. The van der Waals surface area contributed by atoms with Gasteiger partial charge in [-0.3, -0.25) is 4.79 Å². The number of aryl methyl sites for hydroxylation is 2. The third kappa shape index (κ3) is 5.42. The van der Waals surface area contributed by atoms with Crippen molar-refractivity contribution < 1.29 is 19.4 Å². The van der Waals surface area contributed by atoms with E-state index in [1.807, 2.05) is 13.8 Å². The summed E-state index contributed by atoms with van der Waals surface area (Å²) in [6.45, 7) is 10.0. The van der Waals surface area contributed by atoms with Crippen molar-refractivity contribution in [3.63, 3.8) is 0 Å². The SMILES string of the molecule is Cc1cc(C(C)(C)C)cc(C)c1COC(=O)C(CO)NC(=O)c1ccccc1. The molecule has 2 aromatic rings. The Balaban J connectivity index is 2.05. The number of hydrogen-bond donors (Lipinski definition) is 2. The minimum Gasteiger partial charge on any atom is -0.459 e. The van der Waals surface area contributed by atoms with Crippen LogP contribution in [0.2, 0.25) is 0 Å². The summed E-state index contributed by atoms with van der Waals surface area (Å²) in [6, 6.07) is 11.6. The molecule has 0 radical (unpaired) electrons. The molecule has 0 aliphatic heterocycles. The number of esters is 1. The van der Waals surface area contributed by atoms with Crippen LogP contribution in [0, 0.1) is 13.8 Å². The number of carbonyl (C=O) groups excluding carboxylic acids is 2. The van der Waals surface area contributed by atoms with E-state index in [2.05, 4.69) is 38.2 Å². The fourth-order valence-electron chi connectivity index (χ4n) is 2.91. The van der Waals surface area contributed by atoms with Gasteiger partial charge in [0.15, 0.2) is 6.04 Å². The molecule has 0 saturated carbocycles. The average molecular weight is 383 g/mol. The molecule has 0 heterocycles. The molecule has 0 aromatic heterocycles. The summed E-state index contributed by atoms with van der Waals surface area (Å²) in [5.41, 5.74) is 4.71. The predicted octanol–water partition coefficient (Wildman–Crippen LogP) is 3.44. The molecule has 1 amide bonds. The summed E-state index contributed by atoms with van der Waals surface area (Å²) >= 11 is 0. The molecule has 150 valence electrons. The summed E-state index contributed by atoms with van der Waals surface area (Å²) in [6.07, 6.45) is 0. The Bertz CT molecular complexity index is 814. The second kappa shape index (κ2) is 9.02. The van der Waals surface area contributed by atoms with Crippen molar-refractivity contribution in [2.75, 3.05) is 6.61 Å². The molecule has 0 saturated heterocycles. The van der Waals surface area contributed by atoms with Crippen molar-refractivity contribution in [2.45, 2.75) is 52.7 Å². The van der Waals surface area contributed by atoms with Gasteiger partial charge < -0.3 is 15.2 Å². The molecule has 2 rings (SSSR count). The second-order valence-electron chi connectivity index (χ2n) is 8.02. The lowest BCUT2D eigenvalue weighted by atomic mass is 9.84. The maximum atomic E-state index is 12.4. The van der Waals surface area contributed by atoms with Crippen molar-refractivity contribution in [3.8, 4) is 0 Å². The highest BCUT2D eigenvalue weighted by Crippen LogP contribution is 2.27. The van der Waals surface area contributed by atoms with Crippen LogP contribution in [0.15, 0.2) is 42.5 Å². The zero-order valence-electron chi connectivity index (χ0n) is 17.2. The molecule has 28 heavy (non-hydrogen) atoms. The Morgan fingerprint density at radius 2 is 1.64 bits per heavy atom. The highest BCUT2D eigenvalue weighted by molar-refractivity contribution is 5.96. The van der Waals surface area contributed by atoms with Crippen LogP contribution in [0.1, 0.15) is 53.4 Å². The van der Waals surface area contributed by atoms with E-state index in [4.69, 9.17) is 4.74 Å². The second-order valence-corrected chi connectivity index (χ2v) is 8.02. The Labute approximate surface area is 166 Å². The van der Waals surface area contributed by atoms with Crippen LogP contribution in [0.5, 0.6) is 0 Å². The summed E-state index contributed by atoms with van der Waals surface area (Å²) < 4.78 is 5.39. The number of aliphatic hydroxyl groups is 1. The van der Waals surface area contributed by atoms with Gasteiger partial charge in [-0.1, -0.05) is 51.1 Å². The molecule has 0 bridgehead atoms. The largest absolute Gasteiger partial charge is 0.459 e. The van der Waals surface area contributed by atoms with E-state index in [9.17, 15) is 14.7 Å². The average Bonchev–Trinajstić information content (AvgIpc) is 2.64. The molecule has 2 N–H and O–H groups in total. The first-order valence-corrected chi connectivity index (χ1v) is 9.37. The highest BCUT2D eigenvalue weighted by Gasteiger charge is 2.23. The lowest BCUT2D eigenvalue weighted by Gasteiger charge is -2.22. The van der Waals surface area contributed by atoms with Crippen molar-refractivity contribution in [1.82, 2.24) is 5.32 Å². The van der Waals surface area contributed by atoms with E-state index in [0.717, 1.165) is 16.7 Å². The van der Waals surface area contributed by atoms with Gasteiger partial charge in [-0.25, -0.2) is 4.79 Å². The molecule has 0 spiro atoms. The third-order valence-corrected chi connectivity index (χ3v) is 4.73. The van der Waals surface area contributed by atoms with E-state index >= 15 is 0 Å². The standard InChI is InChI=1S/C23H29NO4/c1-15-11-18(23(3,4)5)12-16(2)19(15)14-28-22(27)20(13-25)24-21(26)17-9-7-6-8-10-17/h6-12,20,25H,13-14H2,1-5H3,(H,24,26). The molecule has 0 aliphatic rings. The molecule has 5 heteroatoms. The number of nitrogens with one attached hydrogen (secondary N) is 1. The number of amides is 1. The van der Waals surface area contributed by atoms with Crippen molar-refractivity contribution >= 4 is 11.9 Å². The topological polar surface area (TPSA) is 75.6 Å². The smallest absolute Gasteiger partial charge is 0.331 e. The number of ether oxygens (including phenoxy) is 1. The molecular formula is C23H29NO4. The van der Waals surface area contributed by atoms with E-state index in [-0.39, 0.29) is 12.0 Å². The number of carbonyl (C=O) groups is 2. The van der Waals surface area contributed by atoms with Gasteiger partial charge in [-0.2, -0.15) is 0 Å². The summed E-state index contributed by atoms with van der Waals surface area (Å²) in [5, 5.41) is 12.0. The number of rotatable bonds is 6. The van der Waals surface area contributed by atoms with Gasteiger partial charge in [0, 0.05) is 5.56 Å². The summed E-state index contributed by atoms with van der Waals surface area (Å²) in [5.74, 6) is -1.09. The van der Waals surface area contributed by atoms with E-state index in [1.54, 1.807) is 30.3 Å². The number of benzene rings is 2. The zero-order valence-corrected chi connectivity index (χ0v) is 17.2. The Morgan fingerprint density at radius 3 is 2.14 bits per heavy atom. The van der Waals surface area contributed by atoms with Crippen molar-refractivity contribution in [2.24, 2.45) is 0 Å². The van der Waals surface area contributed by atoms with Gasteiger partial charge in [0.1, 0.15) is 6.61 Å². The molecule has 0 aliphatic carbocycles. The van der Waals surface area contributed by atoms with Crippen LogP contribution < -0.4 is 5.32 Å². The lowest BCUT2D eigenvalue weighted by Crippen LogP contribution is -2.44. The molecule has 0 fully saturated rings. The van der Waals surface area contributed by atoms with Crippen LogP contribution in [0.25, 0.3) is 0 Å². The van der Waals surface area contributed by atoms with Gasteiger partial charge in [-0.15, -0.1) is 0 Å². The van der Waals surface area contributed by atoms with E-state index in [1.165, 1.54) is 5.56 Å². The molecular weight excluding hydrogens is 354 g/mol. The summed E-state index contributed by atoms with van der Waals surface area (Å²) in [4.78, 5) is 24.6. The fourth-order valence-corrected chi connectivity index (χ4v) is 2.91. The maximum absolute atomic E-state index is 12.4.